The van der Waals surface area contributed by atoms with Crippen LogP contribution in [0.3, 0.4) is 0 Å². The van der Waals surface area contributed by atoms with E-state index in [0.717, 1.165) is 15.0 Å². The Morgan fingerprint density at radius 3 is 2.68 bits per heavy atom. The van der Waals surface area contributed by atoms with E-state index in [-0.39, 0.29) is 5.56 Å². The highest BCUT2D eigenvalue weighted by Crippen LogP contribution is 2.15. The third-order valence-corrected chi connectivity index (χ3v) is 4.35. The molecule has 0 saturated carbocycles. The highest BCUT2D eigenvalue weighted by atomic mass is 32.1. The summed E-state index contributed by atoms with van der Waals surface area (Å²) in [6, 6.07) is 14.7. The molecule has 0 fully saturated rings. The van der Waals surface area contributed by atoms with Crippen molar-refractivity contribution in [2.45, 2.75) is 0 Å². The van der Waals surface area contributed by atoms with Crippen LogP contribution in [0.4, 0.5) is 0 Å². The predicted octanol–water partition coefficient (Wildman–Crippen LogP) is 2.87. The topological polar surface area (TPSA) is 67.0 Å². The van der Waals surface area contributed by atoms with Crippen LogP contribution in [0, 0.1) is 0 Å². The first-order valence-corrected chi connectivity index (χ1v) is 7.42. The molecule has 0 aliphatic rings. The summed E-state index contributed by atoms with van der Waals surface area (Å²) < 4.78 is 3.09. The molecule has 0 spiro atoms. The molecular formula is C16H13N3O2S. The van der Waals surface area contributed by atoms with Crippen LogP contribution in [-0.2, 0) is 7.05 Å². The molecule has 1 aromatic heterocycles. The largest absolute Gasteiger partial charge is 0.478 e. The van der Waals surface area contributed by atoms with E-state index in [0.29, 0.717) is 5.56 Å². The molecule has 0 unspecified atom stereocenters. The Morgan fingerprint density at radius 1 is 1.18 bits per heavy atom. The minimum absolute atomic E-state index is 0.210. The number of aryl methyl sites for hydroxylation is 1. The zero-order valence-corrected chi connectivity index (χ0v) is 12.6. The van der Waals surface area contributed by atoms with E-state index in [1.807, 2.05) is 35.9 Å². The van der Waals surface area contributed by atoms with Crippen molar-refractivity contribution in [2.75, 3.05) is 0 Å². The van der Waals surface area contributed by atoms with Crippen molar-refractivity contribution in [3.8, 4) is 0 Å². The number of carbonyl (C=O) groups is 1. The average Bonchev–Trinajstić information content (AvgIpc) is 2.85. The van der Waals surface area contributed by atoms with Gasteiger partial charge in [-0.2, -0.15) is 5.10 Å². The standard InChI is InChI=1S/C16H13N3O2S/c1-19-13-8-4-5-9-14(13)22-16(19)18-17-10-11-6-2-3-7-12(11)15(20)21/h2-10H,1H3,(H,20,21)/b17-10+,18-16+. The summed E-state index contributed by atoms with van der Waals surface area (Å²) in [5, 5.41) is 17.4. The SMILES string of the molecule is Cn1/c(=N\N=C\c2ccccc2C(=O)O)sc2ccccc21. The Bertz CT molecular complexity index is 938. The number of carboxylic acids is 1. The van der Waals surface area contributed by atoms with Crippen molar-refractivity contribution >= 4 is 33.7 Å². The molecule has 3 rings (SSSR count). The molecule has 2 aromatic carbocycles. The lowest BCUT2D eigenvalue weighted by Crippen LogP contribution is -2.09. The smallest absolute Gasteiger partial charge is 0.336 e. The van der Waals surface area contributed by atoms with Crippen molar-refractivity contribution in [3.63, 3.8) is 0 Å². The van der Waals surface area contributed by atoms with Crippen LogP contribution in [0.1, 0.15) is 15.9 Å². The van der Waals surface area contributed by atoms with Crippen LogP contribution in [-0.4, -0.2) is 21.9 Å². The van der Waals surface area contributed by atoms with Gasteiger partial charge in [-0.1, -0.05) is 41.7 Å². The molecule has 0 saturated heterocycles. The molecule has 0 radical (unpaired) electrons. The van der Waals surface area contributed by atoms with E-state index < -0.39 is 5.97 Å². The Morgan fingerprint density at radius 2 is 1.91 bits per heavy atom. The van der Waals surface area contributed by atoms with Gasteiger partial charge in [0.05, 0.1) is 22.0 Å². The first-order valence-electron chi connectivity index (χ1n) is 6.61. The first kappa shape index (κ1) is 14.2. The molecule has 0 amide bonds. The van der Waals surface area contributed by atoms with Gasteiger partial charge in [-0.25, -0.2) is 4.79 Å². The van der Waals surface area contributed by atoms with Gasteiger partial charge in [0, 0.05) is 12.6 Å². The lowest BCUT2D eigenvalue weighted by atomic mass is 10.1. The van der Waals surface area contributed by atoms with E-state index in [2.05, 4.69) is 10.2 Å². The van der Waals surface area contributed by atoms with Crippen molar-refractivity contribution in [2.24, 2.45) is 17.3 Å². The maximum atomic E-state index is 11.1. The molecule has 0 bridgehead atoms. The zero-order valence-electron chi connectivity index (χ0n) is 11.8. The number of aromatic nitrogens is 1. The quantitative estimate of drug-likeness (QED) is 0.597. The Labute approximate surface area is 130 Å². The minimum atomic E-state index is -0.977. The zero-order chi connectivity index (χ0) is 15.5. The Hall–Kier alpha value is -2.73. The number of nitrogens with zero attached hydrogens (tertiary/aromatic N) is 3. The number of para-hydroxylation sites is 1. The maximum absolute atomic E-state index is 11.1. The lowest BCUT2D eigenvalue weighted by Gasteiger charge is -1.97. The van der Waals surface area contributed by atoms with Crippen LogP contribution in [0.5, 0.6) is 0 Å². The molecular weight excluding hydrogens is 298 g/mol. The molecule has 1 N–H and O–H groups in total. The molecule has 5 nitrogen and oxygen atoms in total. The van der Waals surface area contributed by atoms with Gasteiger partial charge < -0.3 is 9.67 Å². The minimum Gasteiger partial charge on any atom is -0.478 e. The van der Waals surface area contributed by atoms with Gasteiger partial charge in [0.25, 0.3) is 0 Å². The van der Waals surface area contributed by atoms with Gasteiger partial charge in [0.1, 0.15) is 0 Å². The van der Waals surface area contributed by atoms with Crippen LogP contribution in [0.15, 0.2) is 58.7 Å². The van der Waals surface area contributed by atoms with Crippen molar-refractivity contribution < 1.29 is 9.90 Å². The molecule has 0 aliphatic carbocycles. The van der Waals surface area contributed by atoms with Gasteiger partial charge in [-0.3, -0.25) is 0 Å². The number of thiazole rings is 1. The summed E-state index contributed by atoms with van der Waals surface area (Å²) in [5.74, 6) is -0.977. The lowest BCUT2D eigenvalue weighted by molar-refractivity contribution is 0.0697. The van der Waals surface area contributed by atoms with E-state index in [9.17, 15) is 4.79 Å². The monoisotopic (exact) mass is 311 g/mol. The fourth-order valence-corrected chi connectivity index (χ4v) is 3.10. The third kappa shape index (κ3) is 2.68. The molecule has 3 aromatic rings. The van der Waals surface area contributed by atoms with Gasteiger partial charge in [0.15, 0.2) is 0 Å². The number of benzene rings is 2. The van der Waals surface area contributed by atoms with Crippen LogP contribution in [0.2, 0.25) is 0 Å². The molecule has 110 valence electrons. The molecule has 1 heterocycles. The molecule has 0 atom stereocenters. The normalized spacial score (nSPS) is 12.3. The maximum Gasteiger partial charge on any atom is 0.336 e. The molecule has 0 aliphatic heterocycles. The molecule has 6 heteroatoms. The number of hydrogen-bond acceptors (Lipinski definition) is 4. The van der Waals surface area contributed by atoms with Crippen LogP contribution >= 0.6 is 11.3 Å². The summed E-state index contributed by atoms with van der Waals surface area (Å²) in [5.41, 5.74) is 1.83. The van der Waals surface area contributed by atoms with E-state index in [1.54, 1.807) is 24.3 Å². The number of fused-ring (bicyclic) bond motifs is 1. The second kappa shape index (κ2) is 5.95. The van der Waals surface area contributed by atoms with Crippen LogP contribution < -0.4 is 4.80 Å². The van der Waals surface area contributed by atoms with Crippen LogP contribution in [0.25, 0.3) is 10.2 Å². The summed E-state index contributed by atoms with van der Waals surface area (Å²) in [4.78, 5) is 11.9. The van der Waals surface area contributed by atoms with E-state index in [4.69, 9.17) is 5.11 Å². The van der Waals surface area contributed by atoms with Gasteiger partial charge in [0.2, 0.25) is 4.80 Å². The fourth-order valence-electron chi connectivity index (χ4n) is 2.12. The Balaban J connectivity index is 1.99. The van der Waals surface area contributed by atoms with Crippen molar-refractivity contribution in [3.05, 3.63) is 64.5 Å². The number of hydrogen-bond donors (Lipinski definition) is 1. The summed E-state index contributed by atoms with van der Waals surface area (Å²) in [7, 11) is 1.93. The van der Waals surface area contributed by atoms with E-state index >= 15 is 0 Å². The van der Waals surface area contributed by atoms with Gasteiger partial charge in [-0.15, -0.1) is 5.10 Å². The number of carboxylic acid groups (broad SMARTS) is 1. The summed E-state index contributed by atoms with van der Waals surface area (Å²) >= 11 is 1.54. The molecule has 22 heavy (non-hydrogen) atoms. The highest BCUT2D eigenvalue weighted by molar-refractivity contribution is 7.16. The summed E-state index contributed by atoms with van der Waals surface area (Å²) in [6.45, 7) is 0. The second-order valence-electron chi connectivity index (χ2n) is 4.65. The van der Waals surface area contributed by atoms with Crippen molar-refractivity contribution in [1.29, 1.82) is 0 Å². The predicted molar refractivity (Wildman–Crippen MR) is 87.4 cm³/mol. The van der Waals surface area contributed by atoms with Gasteiger partial charge >= 0.3 is 5.97 Å². The number of aromatic carboxylic acids is 1. The average molecular weight is 311 g/mol. The van der Waals surface area contributed by atoms with Gasteiger partial charge in [-0.05, 0) is 18.2 Å². The van der Waals surface area contributed by atoms with E-state index in [1.165, 1.54) is 17.6 Å². The summed E-state index contributed by atoms with van der Waals surface area (Å²) in [6.07, 6.45) is 1.47. The highest BCUT2D eigenvalue weighted by Gasteiger charge is 2.06. The second-order valence-corrected chi connectivity index (χ2v) is 5.66. The van der Waals surface area contributed by atoms with Crippen molar-refractivity contribution in [1.82, 2.24) is 4.57 Å². The third-order valence-electron chi connectivity index (χ3n) is 3.25. The fraction of sp³-hybridized carbons (Fsp3) is 0.0625. The number of rotatable bonds is 3. The Kier molecular flexibility index (Phi) is 3.84. The first-order chi connectivity index (χ1) is 10.7.